The van der Waals surface area contributed by atoms with E-state index in [1.54, 1.807) is 24.5 Å². The van der Waals surface area contributed by atoms with Crippen LogP contribution in [-0.2, 0) is 6.54 Å². The predicted octanol–water partition coefficient (Wildman–Crippen LogP) is 3.34. The van der Waals surface area contributed by atoms with Crippen LogP contribution in [0.3, 0.4) is 0 Å². The Morgan fingerprint density at radius 3 is 2.31 bits per heavy atom. The summed E-state index contributed by atoms with van der Waals surface area (Å²) in [6, 6.07) is 19.2. The Labute approximate surface area is 148 Å². The van der Waals surface area contributed by atoms with Gasteiger partial charge in [0, 0.05) is 17.8 Å². The molecule has 0 saturated carbocycles. The van der Waals surface area contributed by atoms with E-state index in [9.17, 15) is 14.0 Å². The first-order chi connectivity index (χ1) is 12.6. The van der Waals surface area contributed by atoms with Gasteiger partial charge in [0.1, 0.15) is 5.82 Å². The van der Waals surface area contributed by atoms with Crippen molar-refractivity contribution in [2.45, 2.75) is 6.54 Å². The van der Waals surface area contributed by atoms with Crippen LogP contribution >= 0.6 is 0 Å². The number of rotatable bonds is 3. The lowest BCUT2D eigenvalue weighted by Gasteiger charge is -2.11. The lowest BCUT2D eigenvalue weighted by Crippen LogP contribution is -2.40. The van der Waals surface area contributed by atoms with Gasteiger partial charge in [-0.1, -0.05) is 48.5 Å². The molecule has 4 rings (SSSR count). The summed E-state index contributed by atoms with van der Waals surface area (Å²) in [5.41, 5.74) is 0.172. The molecule has 26 heavy (non-hydrogen) atoms. The monoisotopic (exact) mass is 346 g/mol. The fourth-order valence-electron chi connectivity index (χ4n) is 3.03. The molecule has 1 heterocycles. The van der Waals surface area contributed by atoms with Gasteiger partial charge in [0.2, 0.25) is 0 Å². The Bertz CT molecular complexity index is 1200. The third-order valence-electron chi connectivity index (χ3n) is 4.35. The Hall–Kier alpha value is -3.47. The van der Waals surface area contributed by atoms with E-state index in [-0.39, 0.29) is 12.4 Å². The van der Waals surface area contributed by atoms with E-state index in [4.69, 9.17) is 0 Å². The van der Waals surface area contributed by atoms with Crippen LogP contribution in [0.2, 0.25) is 0 Å². The number of aromatic nitrogens is 2. The van der Waals surface area contributed by atoms with Gasteiger partial charge in [-0.25, -0.2) is 4.39 Å². The van der Waals surface area contributed by atoms with Gasteiger partial charge in [-0.3, -0.25) is 14.2 Å². The minimum Gasteiger partial charge on any atom is -0.305 e. The molecule has 0 unspecified atom stereocenters. The quantitative estimate of drug-likeness (QED) is 0.534. The molecule has 3 aromatic carbocycles. The van der Waals surface area contributed by atoms with E-state index in [1.807, 2.05) is 42.5 Å². The summed E-state index contributed by atoms with van der Waals surface area (Å²) in [5.74, 6) is -0.340. The van der Waals surface area contributed by atoms with Gasteiger partial charge < -0.3 is 4.57 Å². The molecule has 0 aliphatic rings. The molecule has 0 spiro atoms. The zero-order valence-corrected chi connectivity index (χ0v) is 13.8. The Morgan fingerprint density at radius 2 is 1.50 bits per heavy atom. The minimum absolute atomic E-state index is 0.213. The van der Waals surface area contributed by atoms with Crippen LogP contribution in [0.1, 0.15) is 5.56 Å². The molecule has 0 saturated heterocycles. The van der Waals surface area contributed by atoms with E-state index < -0.39 is 11.1 Å². The van der Waals surface area contributed by atoms with Gasteiger partial charge in [0.15, 0.2) is 0 Å². The fraction of sp³-hybridized carbons (Fsp3) is 0.0476. The molecule has 5 heteroatoms. The van der Waals surface area contributed by atoms with E-state index in [0.29, 0.717) is 5.69 Å². The molecule has 0 amide bonds. The van der Waals surface area contributed by atoms with Crippen molar-refractivity contribution in [3.63, 3.8) is 0 Å². The molecule has 1 aromatic heterocycles. The van der Waals surface area contributed by atoms with Crippen molar-refractivity contribution in [2.75, 3.05) is 0 Å². The smallest absolute Gasteiger partial charge is 0.305 e. The third-order valence-corrected chi connectivity index (χ3v) is 4.35. The number of nitrogens with zero attached hydrogens (tertiary/aromatic N) is 2. The van der Waals surface area contributed by atoms with Crippen molar-refractivity contribution in [2.24, 2.45) is 0 Å². The normalized spacial score (nSPS) is 11.0. The maximum Gasteiger partial charge on any atom is 0.321 e. The lowest BCUT2D eigenvalue weighted by atomic mass is 10.1. The first kappa shape index (κ1) is 16.0. The molecule has 0 atom stereocenters. The average molecular weight is 346 g/mol. The average Bonchev–Trinajstić information content (AvgIpc) is 2.67. The largest absolute Gasteiger partial charge is 0.321 e. The number of hydrogen-bond acceptors (Lipinski definition) is 2. The van der Waals surface area contributed by atoms with Gasteiger partial charge >= 0.3 is 11.1 Å². The zero-order valence-electron chi connectivity index (χ0n) is 13.8. The van der Waals surface area contributed by atoms with Crippen LogP contribution in [0.4, 0.5) is 4.39 Å². The highest BCUT2D eigenvalue weighted by Gasteiger charge is 2.09. The summed E-state index contributed by atoms with van der Waals surface area (Å²) < 4.78 is 15.7. The number of halogens is 1. The van der Waals surface area contributed by atoms with Gasteiger partial charge in [-0.15, -0.1) is 0 Å². The van der Waals surface area contributed by atoms with Crippen molar-refractivity contribution >= 4 is 10.8 Å². The molecule has 0 aliphatic carbocycles. The van der Waals surface area contributed by atoms with Gasteiger partial charge in [0.25, 0.3) is 0 Å². The molecule has 0 N–H and O–H groups in total. The number of hydrogen-bond donors (Lipinski definition) is 0. The number of benzene rings is 3. The highest BCUT2D eigenvalue weighted by atomic mass is 19.1. The van der Waals surface area contributed by atoms with Gasteiger partial charge in [-0.2, -0.15) is 0 Å². The first-order valence-electron chi connectivity index (χ1n) is 8.18. The number of fused-ring (bicyclic) bond motifs is 1. The highest BCUT2D eigenvalue weighted by Crippen LogP contribution is 2.20. The van der Waals surface area contributed by atoms with E-state index in [2.05, 4.69) is 0 Å². The Morgan fingerprint density at radius 1 is 0.769 bits per heavy atom. The van der Waals surface area contributed by atoms with Crippen LogP contribution < -0.4 is 11.1 Å². The molecule has 4 nitrogen and oxygen atoms in total. The van der Waals surface area contributed by atoms with Crippen LogP contribution in [-0.4, -0.2) is 9.13 Å². The second kappa shape index (κ2) is 6.44. The molecular weight excluding hydrogens is 331 g/mol. The Kier molecular flexibility index (Phi) is 3.97. The summed E-state index contributed by atoms with van der Waals surface area (Å²) in [4.78, 5) is 25.2. The summed E-state index contributed by atoms with van der Waals surface area (Å²) >= 11 is 0. The summed E-state index contributed by atoms with van der Waals surface area (Å²) in [7, 11) is 0. The topological polar surface area (TPSA) is 44.0 Å². The summed E-state index contributed by atoms with van der Waals surface area (Å²) in [5, 5.41) is 1.89. The van der Waals surface area contributed by atoms with Crippen LogP contribution in [0, 0.1) is 5.82 Å². The lowest BCUT2D eigenvalue weighted by molar-refractivity contribution is 0.625. The third kappa shape index (κ3) is 2.84. The van der Waals surface area contributed by atoms with Crippen molar-refractivity contribution in [3.05, 3.63) is 111 Å². The van der Waals surface area contributed by atoms with Crippen molar-refractivity contribution in [3.8, 4) is 5.69 Å². The fourth-order valence-corrected chi connectivity index (χ4v) is 3.03. The van der Waals surface area contributed by atoms with Crippen molar-refractivity contribution in [1.29, 1.82) is 0 Å². The molecule has 128 valence electrons. The summed E-state index contributed by atoms with van der Waals surface area (Å²) in [6.45, 7) is 0.213. The van der Waals surface area contributed by atoms with Crippen LogP contribution in [0.15, 0.2) is 88.7 Å². The van der Waals surface area contributed by atoms with Gasteiger partial charge in [0.05, 0.1) is 12.2 Å². The van der Waals surface area contributed by atoms with E-state index in [1.165, 1.54) is 21.3 Å². The van der Waals surface area contributed by atoms with E-state index in [0.717, 1.165) is 16.3 Å². The molecule has 0 fully saturated rings. The zero-order chi connectivity index (χ0) is 18.1. The minimum atomic E-state index is -0.621. The molecule has 4 aromatic rings. The van der Waals surface area contributed by atoms with Crippen molar-refractivity contribution < 1.29 is 4.39 Å². The second-order valence-electron chi connectivity index (χ2n) is 6.03. The first-order valence-corrected chi connectivity index (χ1v) is 8.18. The molecule has 0 bridgehead atoms. The molecular formula is C21H15FN2O2. The maximum absolute atomic E-state index is 13.0. The SMILES string of the molecule is O=c1c(=O)n(-c2cccc3ccccc23)ccn1Cc1ccc(F)cc1. The standard InChI is InChI=1S/C21H15FN2O2/c22-17-10-8-15(9-11-17)14-23-12-13-24(21(26)20(23)25)19-7-3-5-16-4-1-2-6-18(16)19/h1-13H,14H2. The maximum atomic E-state index is 13.0. The van der Waals surface area contributed by atoms with E-state index >= 15 is 0 Å². The van der Waals surface area contributed by atoms with Crippen LogP contribution in [0.25, 0.3) is 16.5 Å². The van der Waals surface area contributed by atoms with Crippen LogP contribution in [0.5, 0.6) is 0 Å². The molecule has 0 radical (unpaired) electrons. The van der Waals surface area contributed by atoms with Gasteiger partial charge in [-0.05, 0) is 29.1 Å². The predicted molar refractivity (Wildman–Crippen MR) is 99.3 cm³/mol. The highest BCUT2D eigenvalue weighted by molar-refractivity contribution is 5.90. The summed E-state index contributed by atoms with van der Waals surface area (Å²) in [6.07, 6.45) is 3.17. The molecule has 0 aliphatic heterocycles. The second-order valence-corrected chi connectivity index (χ2v) is 6.03. The Balaban J connectivity index is 1.80. The van der Waals surface area contributed by atoms with Crippen molar-refractivity contribution in [1.82, 2.24) is 9.13 Å².